The van der Waals surface area contributed by atoms with Gasteiger partial charge in [-0.3, -0.25) is 0 Å². The molecule has 0 fully saturated rings. The van der Waals surface area contributed by atoms with E-state index in [0.717, 1.165) is 11.8 Å². The number of nitrogens with zero attached hydrogens (tertiary/aromatic N) is 1. The molecule has 1 heterocycles. The minimum Gasteiger partial charge on any atom is -0.440 e. The molecule has 1 atom stereocenters. The molecule has 16 heavy (non-hydrogen) atoms. The zero-order chi connectivity index (χ0) is 11.5. The van der Waals surface area contributed by atoms with E-state index in [1.54, 1.807) is 19.1 Å². The Hall–Kier alpha value is -1.33. The molecule has 2 rings (SSSR count). The quantitative estimate of drug-likeness (QED) is 0.894. The second-order valence-electron chi connectivity index (χ2n) is 3.27. The zero-order valence-electron chi connectivity index (χ0n) is 8.55. The number of hydrogen-bond acceptors (Lipinski definition) is 4. The summed E-state index contributed by atoms with van der Waals surface area (Å²) in [5.41, 5.74) is 0.550. The van der Waals surface area contributed by atoms with Gasteiger partial charge in [-0.25, -0.2) is 9.37 Å². The Labute approximate surface area is 96.3 Å². The lowest BCUT2D eigenvalue weighted by Gasteiger charge is -2.06. The zero-order valence-corrected chi connectivity index (χ0v) is 9.37. The molecule has 1 aromatic carbocycles. The van der Waals surface area contributed by atoms with Crippen LogP contribution in [0.25, 0.3) is 0 Å². The standard InChI is InChI=1S/C11H10FNO2S/c1-7(14)8-2-3-10(9(12)6-8)16-11-13-4-5-15-11/h2-7,14H,1H3/t7-/m1/s1. The second kappa shape index (κ2) is 4.67. The fourth-order valence-electron chi connectivity index (χ4n) is 1.21. The van der Waals surface area contributed by atoms with Gasteiger partial charge in [-0.1, -0.05) is 6.07 Å². The molecular formula is C11H10FNO2S. The maximum absolute atomic E-state index is 13.6. The van der Waals surface area contributed by atoms with E-state index in [0.29, 0.717) is 15.7 Å². The molecule has 0 amide bonds. The predicted octanol–water partition coefficient (Wildman–Crippen LogP) is 3.02. The smallest absolute Gasteiger partial charge is 0.260 e. The third-order valence-electron chi connectivity index (χ3n) is 2.05. The SMILES string of the molecule is C[C@@H](O)c1ccc(Sc2ncco2)c(F)c1. The van der Waals surface area contributed by atoms with Crippen LogP contribution in [0.1, 0.15) is 18.6 Å². The van der Waals surface area contributed by atoms with Crippen LogP contribution in [-0.2, 0) is 0 Å². The summed E-state index contributed by atoms with van der Waals surface area (Å²) >= 11 is 1.11. The van der Waals surface area contributed by atoms with E-state index in [-0.39, 0.29) is 5.82 Å². The Morgan fingerprint density at radius 2 is 2.31 bits per heavy atom. The van der Waals surface area contributed by atoms with Gasteiger partial charge in [0.25, 0.3) is 5.22 Å². The molecule has 0 unspecified atom stereocenters. The summed E-state index contributed by atoms with van der Waals surface area (Å²) in [7, 11) is 0. The molecule has 84 valence electrons. The van der Waals surface area contributed by atoms with Gasteiger partial charge in [0.2, 0.25) is 0 Å². The number of halogens is 1. The van der Waals surface area contributed by atoms with Crippen LogP contribution < -0.4 is 0 Å². The van der Waals surface area contributed by atoms with Crippen molar-refractivity contribution in [3.05, 3.63) is 42.0 Å². The molecule has 5 heteroatoms. The molecule has 0 aliphatic carbocycles. The summed E-state index contributed by atoms with van der Waals surface area (Å²) in [6.45, 7) is 1.59. The first-order chi connectivity index (χ1) is 7.66. The topological polar surface area (TPSA) is 46.3 Å². The summed E-state index contributed by atoms with van der Waals surface area (Å²) in [5, 5.41) is 9.68. The molecule has 0 bridgehead atoms. The van der Waals surface area contributed by atoms with Crippen molar-refractivity contribution < 1.29 is 13.9 Å². The number of oxazole rings is 1. The van der Waals surface area contributed by atoms with Gasteiger partial charge in [-0.2, -0.15) is 0 Å². The Balaban J connectivity index is 2.23. The van der Waals surface area contributed by atoms with Gasteiger partial charge in [-0.15, -0.1) is 0 Å². The van der Waals surface area contributed by atoms with Crippen LogP contribution >= 0.6 is 11.8 Å². The van der Waals surface area contributed by atoms with Crippen LogP contribution in [0.15, 0.2) is 45.2 Å². The van der Waals surface area contributed by atoms with Crippen molar-refractivity contribution in [2.45, 2.75) is 23.1 Å². The minimum atomic E-state index is -0.671. The van der Waals surface area contributed by atoms with Gasteiger partial charge in [-0.05, 0) is 36.4 Å². The third kappa shape index (κ3) is 2.43. The highest BCUT2D eigenvalue weighted by Crippen LogP contribution is 2.29. The third-order valence-corrected chi connectivity index (χ3v) is 2.97. The Kier molecular flexibility index (Phi) is 3.26. The lowest BCUT2D eigenvalue weighted by molar-refractivity contribution is 0.198. The second-order valence-corrected chi connectivity index (χ2v) is 4.26. The minimum absolute atomic E-state index is 0.387. The fourth-order valence-corrected chi connectivity index (χ4v) is 1.91. The number of benzene rings is 1. The van der Waals surface area contributed by atoms with Gasteiger partial charge in [0.15, 0.2) is 0 Å². The normalized spacial score (nSPS) is 12.7. The maximum Gasteiger partial charge on any atom is 0.260 e. The molecule has 0 aliphatic heterocycles. The highest BCUT2D eigenvalue weighted by molar-refractivity contribution is 7.99. The molecule has 3 nitrogen and oxygen atoms in total. The summed E-state index contributed by atoms with van der Waals surface area (Å²) in [5.74, 6) is -0.387. The number of aromatic nitrogens is 1. The van der Waals surface area contributed by atoms with Crippen molar-refractivity contribution in [3.63, 3.8) is 0 Å². The highest BCUT2D eigenvalue weighted by atomic mass is 32.2. The summed E-state index contributed by atoms with van der Waals surface area (Å²) < 4.78 is 18.6. The molecule has 2 aromatic rings. The van der Waals surface area contributed by atoms with E-state index in [1.807, 2.05) is 0 Å². The molecule has 0 aliphatic rings. The average Bonchev–Trinajstić information content (AvgIpc) is 2.73. The highest BCUT2D eigenvalue weighted by Gasteiger charge is 2.10. The number of aliphatic hydroxyl groups is 1. The van der Waals surface area contributed by atoms with Gasteiger partial charge in [0.05, 0.1) is 17.2 Å². The average molecular weight is 239 g/mol. The largest absolute Gasteiger partial charge is 0.440 e. The number of aliphatic hydroxyl groups excluding tert-OH is 1. The first kappa shape index (κ1) is 11.2. The maximum atomic E-state index is 13.6. The lowest BCUT2D eigenvalue weighted by Crippen LogP contribution is -1.92. The van der Waals surface area contributed by atoms with E-state index in [2.05, 4.69) is 4.98 Å². The van der Waals surface area contributed by atoms with Crippen molar-refractivity contribution >= 4 is 11.8 Å². The van der Waals surface area contributed by atoms with E-state index >= 15 is 0 Å². The Bertz CT molecular complexity index is 471. The van der Waals surface area contributed by atoms with Crippen molar-refractivity contribution in [1.82, 2.24) is 4.98 Å². The Morgan fingerprint density at radius 3 is 2.88 bits per heavy atom. The van der Waals surface area contributed by atoms with E-state index in [1.165, 1.54) is 18.5 Å². The predicted molar refractivity (Wildman–Crippen MR) is 57.7 cm³/mol. The van der Waals surface area contributed by atoms with Crippen molar-refractivity contribution in [3.8, 4) is 0 Å². The van der Waals surface area contributed by atoms with Crippen LogP contribution in [0, 0.1) is 5.82 Å². The molecule has 0 saturated heterocycles. The van der Waals surface area contributed by atoms with Gasteiger partial charge < -0.3 is 9.52 Å². The Morgan fingerprint density at radius 1 is 1.50 bits per heavy atom. The first-order valence-electron chi connectivity index (χ1n) is 4.71. The van der Waals surface area contributed by atoms with E-state index in [4.69, 9.17) is 4.42 Å². The molecule has 0 radical (unpaired) electrons. The van der Waals surface area contributed by atoms with E-state index < -0.39 is 6.10 Å². The molecule has 0 saturated carbocycles. The lowest BCUT2D eigenvalue weighted by atomic mass is 10.1. The van der Waals surface area contributed by atoms with Crippen LogP contribution in [0.5, 0.6) is 0 Å². The van der Waals surface area contributed by atoms with Crippen molar-refractivity contribution in [1.29, 1.82) is 0 Å². The molecular weight excluding hydrogens is 229 g/mol. The number of hydrogen-bond donors (Lipinski definition) is 1. The first-order valence-corrected chi connectivity index (χ1v) is 5.53. The van der Waals surface area contributed by atoms with Gasteiger partial charge in [0.1, 0.15) is 12.1 Å². The molecule has 1 N–H and O–H groups in total. The van der Waals surface area contributed by atoms with Crippen LogP contribution in [-0.4, -0.2) is 10.1 Å². The van der Waals surface area contributed by atoms with Crippen LogP contribution in [0.3, 0.4) is 0 Å². The number of rotatable bonds is 3. The summed E-state index contributed by atoms with van der Waals surface area (Å²) in [6.07, 6.45) is 2.27. The van der Waals surface area contributed by atoms with Gasteiger partial charge >= 0.3 is 0 Å². The van der Waals surface area contributed by atoms with Gasteiger partial charge in [0, 0.05) is 0 Å². The molecule has 0 spiro atoms. The molecule has 1 aromatic heterocycles. The monoisotopic (exact) mass is 239 g/mol. The summed E-state index contributed by atoms with van der Waals surface area (Å²) in [6, 6.07) is 4.60. The summed E-state index contributed by atoms with van der Waals surface area (Å²) in [4.78, 5) is 4.31. The van der Waals surface area contributed by atoms with Crippen LogP contribution in [0.4, 0.5) is 4.39 Å². The van der Waals surface area contributed by atoms with Crippen molar-refractivity contribution in [2.24, 2.45) is 0 Å². The van der Waals surface area contributed by atoms with Crippen molar-refractivity contribution in [2.75, 3.05) is 0 Å². The fraction of sp³-hybridized carbons (Fsp3) is 0.182. The van der Waals surface area contributed by atoms with Crippen LogP contribution in [0.2, 0.25) is 0 Å². The van der Waals surface area contributed by atoms with E-state index in [9.17, 15) is 9.50 Å².